The summed E-state index contributed by atoms with van der Waals surface area (Å²) >= 11 is 1.56. The van der Waals surface area contributed by atoms with Gasteiger partial charge in [-0.2, -0.15) is 0 Å². The van der Waals surface area contributed by atoms with Crippen molar-refractivity contribution in [3.8, 4) is 0 Å². The summed E-state index contributed by atoms with van der Waals surface area (Å²) in [5.41, 5.74) is 1.85. The first-order valence-electron chi connectivity index (χ1n) is 5.87. The quantitative estimate of drug-likeness (QED) is 0.846. The van der Waals surface area contributed by atoms with Gasteiger partial charge in [0.2, 0.25) is 0 Å². The summed E-state index contributed by atoms with van der Waals surface area (Å²) in [4.78, 5) is 17.6. The highest BCUT2D eigenvalue weighted by atomic mass is 32.1. The highest BCUT2D eigenvalue weighted by Gasteiger charge is 2.12. The third kappa shape index (κ3) is 3.17. The minimum absolute atomic E-state index is 0.0304. The lowest BCUT2D eigenvalue weighted by molar-refractivity contribution is 0.0822. The van der Waals surface area contributed by atoms with Gasteiger partial charge in [-0.05, 0) is 12.0 Å². The molecular weight excluding hydrogens is 244 g/mol. The Hall–Kier alpha value is -1.68. The zero-order chi connectivity index (χ0) is 13.0. The number of aryl methyl sites for hydroxylation is 2. The van der Waals surface area contributed by atoms with E-state index in [2.05, 4.69) is 17.1 Å². The van der Waals surface area contributed by atoms with Gasteiger partial charge in [0.25, 0.3) is 5.91 Å². The van der Waals surface area contributed by atoms with Crippen LogP contribution in [0.5, 0.6) is 0 Å². The van der Waals surface area contributed by atoms with Crippen LogP contribution in [0.15, 0.2) is 35.7 Å². The fourth-order valence-corrected chi connectivity index (χ4v) is 2.42. The number of amides is 1. The first kappa shape index (κ1) is 12.8. The van der Waals surface area contributed by atoms with Crippen LogP contribution in [0.2, 0.25) is 0 Å². The first-order valence-corrected chi connectivity index (χ1v) is 6.75. The first-order chi connectivity index (χ1) is 8.66. The molecule has 2 rings (SSSR count). The normalized spacial score (nSPS) is 10.3. The molecule has 0 N–H and O–H groups in total. The summed E-state index contributed by atoms with van der Waals surface area (Å²) < 4.78 is 0. The third-order valence-electron chi connectivity index (χ3n) is 2.65. The lowest BCUT2D eigenvalue weighted by atomic mass is 10.1. The van der Waals surface area contributed by atoms with Crippen molar-refractivity contribution < 1.29 is 4.79 Å². The Balaban J connectivity index is 1.97. The van der Waals surface area contributed by atoms with Crippen molar-refractivity contribution in [3.63, 3.8) is 0 Å². The van der Waals surface area contributed by atoms with Gasteiger partial charge in [0.1, 0.15) is 5.69 Å². The van der Waals surface area contributed by atoms with E-state index in [4.69, 9.17) is 0 Å². The molecule has 1 heterocycles. The number of thiazole rings is 1. The molecule has 0 bridgehead atoms. The highest BCUT2D eigenvalue weighted by molar-refractivity contribution is 7.09. The van der Waals surface area contributed by atoms with Crippen molar-refractivity contribution in [2.75, 3.05) is 14.1 Å². The molecule has 1 amide bonds. The van der Waals surface area contributed by atoms with Crippen LogP contribution in [0.4, 0.5) is 0 Å². The van der Waals surface area contributed by atoms with Gasteiger partial charge < -0.3 is 4.90 Å². The summed E-state index contributed by atoms with van der Waals surface area (Å²) in [6, 6.07) is 10.3. The van der Waals surface area contributed by atoms with Gasteiger partial charge in [-0.25, -0.2) is 4.98 Å². The molecule has 0 radical (unpaired) electrons. The highest BCUT2D eigenvalue weighted by Crippen LogP contribution is 2.14. The fourth-order valence-electron chi connectivity index (χ4n) is 1.65. The molecule has 3 nitrogen and oxygen atoms in total. The zero-order valence-corrected chi connectivity index (χ0v) is 11.4. The predicted octanol–water partition coefficient (Wildman–Crippen LogP) is 2.63. The zero-order valence-electron chi connectivity index (χ0n) is 10.6. The molecule has 0 aliphatic rings. The monoisotopic (exact) mass is 260 g/mol. The Labute approximate surface area is 111 Å². The van der Waals surface area contributed by atoms with Crippen molar-refractivity contribution >= 4 is 17.2 Å². The van der Waals surface area contributed by atoms with Gasteiger partial charge in [0.15, 0.2) is 0 Å². The molecule has 94 valence electrons. The predicted molar refractivity (Wildman–Crippen MR) is 74.0 cm³/mol. The average molecular weight is 260 g/mol. The average Bonchev–Trinajstić information content (AvgIpc) is 2.85. The Kier molecular flexibility index (Phi) is 4.10. The van der Waals surface area contributed by atoms with E-state index >= 15 is 0 Å². The van der Waals surface area contributed by atoms with E-state index in [1.807, 2.05) is 23.6 Å². The topological polar surface area (TPSA) is 33.2 Å². The Morgan fingerprint density at radius 3 is 2.61 bits per heavy atom. The van der Waals surface area contributed by atoms with E-state index in [1.165, 1.54) is 5.56 Å². The number of benzene rings is 1. The summed E-state index contributed by atoms with van der Waals surface area (Å²) in [7, 11) is 3.48. The molecule has 1 aromatic heterocycles. The number of carbonyl (C=O) groups is 1. The van der Waals surface area contributed by atoms with E-state index in [0.717, 1.165) is 17.8 Å². The second-order valence-electron chi connectivity index (χ2n) is 4.31. The molecule has 0 spiro atoms. The molecule has 0 aliphatic heterocycles. The van der Waals surface area contributed by atoms with Crippen LogP contribution in [-0.4, -0.2) is 29.9 Å². The van der Waals surface area contributed by atoms with Crippen molar-refractivity contribution in [2.45, 2.75) is 12.8 Å². The van der Waals surface area contributed by atoms with Crippen molar-refractivity contribution in [3.05, 3.63) is 52.0 Å². The number of aromatic nitrogens is 1. The van der Waals surface area contributed by atoms with Gasteiger partial charge in [-0.15, -0.1) is 11.3 Å². The van der Waals surface area contributed by atoms with Crippen LogP contribution < -0.4 is 0 Å². The lowest BCUT2D eigenvalue weighted by Gasteiger charge is -2.06. The SMILES string of the molecule is CN(C)C(=O)c1csc(CCc2ccccc2)n1. The molecule has 4 heteroatoms. The number of carbonyl (C=O) groups excluding carboxylic acids is 1. The van der Waals surface area contributed by atoms with E-state index in [1.54, 1.807) is 30.3 Å². The number of rotatable bonds is 4. The van der Waals surface area contributed by atoms with Crippen LogP contribution >= 0.6 is 11.3 Å². The van der Waals surface area contributed by atoms with Gasteiger partial charge in [0.05, 0.1) is 5.01 Å². The molecule has 0 atom stereocenters. The van der Waals surface area contributed by atoms with Crippen LogP contribution in [-0.2, 0) is 12.8 Å². The van der Waals surface area contributed by atoms with Crippen LogP contribution in [0, 0.1) is 0 Å². The molecule has 1 aromatic carbocycles. The van der Waals surface area contributed by atoms with E-state index in [-0.39, 0.29) is 5.91 Å². The van der Waals surface area contributed by atoms with Crippen LogP contribution in [0.25, 0.3) is 0 Å². The maximum Gasteiger partial charge on any atom is 0.272 e. The Morgan fingerprint density at radius 1 is 1.22 bits per heavy atom. The molecule has 0 fully saturated rings. The Morgan fingerprint density at radius 2 is 1.94 bits per heavy atom. The molecule has 0 saturated heterocycles. The summed E-state index contributed by atoms with van der Waals surface area (Å²) in [5, 5.41) is 2.85. The summed E-state index contributed by atoms with van der Waals surface area (Å²) in [5.74, 6) is -0.0304. The van der Waals surface area contributed by atoms with Gasteiger partial charge in [0, 0.05) is 25.9 Å². The van der Waals surface area contributed by atoms with Crippen LogP contribution in [0.1, 0.15) is 21.1 Å². The molecule has 0 saturated carbocycles. The van der Waals surface area contributed by atoms with E-state index in [9.17, 15) is 4.79 Å². The smallest absolute Gasteiger partial charge is 0.272 e. The molecule has 2 aromatic rings. The molecule has 0 aliphatic carbocycles. The van der Waals surface area contributed by atoms with Crippen molar-refractivity contribution in [1.29, 1.82) is 0 Å². The second kappa shape index (κ2) is 5.78. The number of hydrogen-bond acceptors (Lipinski definition) is 3. The molecular formula is C14H16N2OS. The second-order valence-corrected chi connectivity index (χ2v) is 5.25. The number of nitrogens with zero attached hydrogens (tertiary/aromatic N) is 2. The van der Waals surface area contributed by atoms with Gasteiger partial charge >= 0.3 is 0 Å². The molecule has 0 unspecified atom stereocenters. The van der Waals surface area contributed by atoms with E-state index in [0.29, 0.717) is 5.69 Å². The largest absolute Gasteiger partial charge is 0.343 e. The minimum atomic E-state index is -0.0304. The van der Waals surface area contributed by atoms with Crippen LogP contribution in [0.3, 0.4) is 0 Å². The third-order valence-corrected chi connectivity index (χ3v) is 3.56. The van der Waals surface area contributed by atoms with E-state index < -0.39 is 0 Å². The minimum Gasteiger partial charge on any atom is -0.343 e. The van der Waals surface area contributed by atoms with Gasteiger partial charge in [-0.3, -0.25) is 4.79 Å². The van der Waals surface area contributed by atoms with Crippen molar-refractivity contribution in [2.24, 2.45) is 0 Å². The Bertz CT molecular complexity index is 520. The summed E-state index contributed by atoms with van der Waals surface area (Å²) in [6.45, 7) is 0. The fraction of sp³-hybridized carbons (Fsp3) is 0.286. The summed E-state index contributed by atoms with van der Waals surface area (Å²) in [6.07, 6.45) is 1.85. The standard InChI is InChI=1S/C14H16N2OS/c1-16(2)14(17)12-10-18-13(15-12)9-8-11-6-4-3-5-7-11/h3-7,10H,8-9H2,1-2H3. The van der Waals surface area contributed by atoms with Gasteiger partial charge in [-0.1, -0.05) is 30.3 Å². The maximum atomic E-state index is 11.7. The maximum absolute atomic E-state index is 11.7. The molecule has 18 heavy (non-hydrogen) atoms. The lowest BCUT2D eigenvalue weighted by Crippen LogP contribution is -2.21. The number of hydrogen-bond donors (Lipinski definition) is 0. The van der Waals surface area contributed by atoms with Crippen molar-refractivity contribution in [1.82, 2.24) is 9.88 Å².